The van der Waals surface area contributed by atoms with Gasteiger partial charge in [0.1, 0.15) is 0 Å². The molecule has 1 N–H and O–H groups in total. The van der Waals surface area contributed by atoms with Gasteiger partial charge in [-0.2, -0.15) is 0 Å². The van der Waals surface area contributed by atoms with Crippen LogP contribution < -0.4 is 5.32 Å². The van der Waals surface area contributed by atoms with Crippen molar-refractivity contribution in [3.8, 4) is 11.5 Å². The quantitative estimate of drug-likeness (QED) is 0.549. The molecule has 0 aliphatic carbocycles. The Hall–Kier alpha value is -1.83. The van der Waals surface area contributed by atoms with Crippen LogP contribution in [0.15, 0.2) is 62.6 Å². The molecular formula is C17H13BrClN3O2S. The largest absolute Gasteiger partial charge is 0.411 e. The number of anilines is 1. The van der Waals surface area contributed by atoms with Crippen LogP contribution in [-0.2, 0) is 4.79 Å². The van der Waals surface area contributed by atoms with Crippen LogP contribution in [0.25, 0.3) is 11.5 Å². The number of benzene rings is 2. The highest BCUT2D eigenvalue weighted by molar-refractivity contribution is 9.10. The zero-order valence-corrected chi connectivity index (χ0v) is 16.2. The van der Waals surface area contributed by atoms with E-state index in [1.165, 1.54) is 11.8 Å². The fraction of sp³-hybridized carbons (Fsp3) is 0.118. The Morgan fingerprint density at radius 2 is 2.00 bits per heavy atom. The summed E-state index contributed by atoms with van der Waals surface area (Å²) in [6, 6.07) is 14.5. The molecule has 5 nitrogen and oxygen atoms in total. The van der Waals surface area contributed by atoms with E-state index in [1.807, 2.05) is 24.3 Å². The number of carbonyl (C=O) groups is 1. The molecule has 0 radical (unpaired) electrons. The van der Waals surface area contributed by atoms with Crippen molar-refractivity contribution in [3.05, 3.63) is 58.0 Å². The highest BCUT2D eigenvalue weighted by Crippen LogP contribution is 2.28. The van der Waals surface area contributed by atoms with Gasteiger partial charge in [0.05, 0.1) is 5.25 Å². The van der Waals surface area contributed by atoms with Crippen molar-refractivity contribution in [2.24, 2.45) is 0 Å². The molecule has 1 unspecified atom stereocenters. The van der Waals surface area contributed by atoms with Crippen LogP contribution in [0, 0.1) is 0 Å². The third kappa shape index (κ3) is 4.84. The van der Waals surface area contributed by atoms with Gasteiger partial charge in [-0.25, -0.2) is 0 Å². The first-order valence-corrected chi connectivity index (χ1v) is 9.39. The lowest BCUT2D eigenvalue weighted by Crippen LogP contribution is -2.22. The molecule has 8 heteroatoms. The molecule has 1 amide bonds. The minimum atomic E-state index is -0.397. The zero-order chi connectivity index (χ0) is 17.8. The van der Waals surface area contributed by atoms with Gasteiger partial charge in [0.25, 0.3) is 5.22 Å². The number of carbonyl (C=O) groups excluding carboxylic acids is 1. The van der Waals surface area contributed by atoms with Crippen LogP contribution in [0.1, 0.15) is 6.92 Å². The summed E-state index contributed by atoms with van der Waals surface area (Å²) in [5, 5.41) is 11.4. The van der Waals surface area contributed by atoms with E-state index in [2.05, 4.69) is 31.4 Å². The highest BCUT2D eigenvalue weighted by Gasteiger charge is 2.19. The molecule has 25 heavy (non-hydrogen) atoms. The smallest absolute Gasteiger partial charge is 0.277 e. The molecule has 0 aliphatic rings. The standard InChI is InChI=1S/C17H13BrClN3O2S/c1-10(15(23)20-14-7-5-13(19)6-8-14)25-17-22-21-16(24-17)11-3-2-4-12(18)9-11/h2-10H,1H3,(H,20,23). The predicted molar refractivity (Wildman–Crippen MR) is 103 cm³/mol. The summed E-state index contributed by atoms with van der Waals surface area (Å²) < 4.78 is 6.56. The average Bonchev–Trinajstić information content (AvgIpc) is 3.05. The SMILES string of the molecule is CC(Sc1nnc(-c2cccc(Br)c2)o1)C(=O)Nc1ccc(Cl)cc1. The van der Waals surface area contributed by atoms with Gasteiger partial charge in [0.15, 0.2) is 0 Å². The number of nitrogens with one attached hydrogen (secondary N) is 1. The maximum Gasteiger partial charge on any atom is 0.277 e. The average molecular weight is 439 g/mol. The Bertz CT molecular complexity index is 886. The van der Waals surface area contributed by atoms with Crippen LogP contribution in [0.5, 0.6) is 0 Å². The topological polar surface area (TPSA) is 68.0 Å². The third-order valence-corrected chi connectivity index (χ3v) is 4.92. The molecular weight excluding hydrogens is 426 g/mol. The lowest BCUT2D eigenvalue weighted by molar-refractivity contribution is -0.115. The van der Waals surface area contributed by atoms with E-state index in [-0.39, 0.29) is 5.91 Å². The molecule has 0 aliphatic heterocycles. The lowest BCUT2D eigenvalue weighted by Gasteiger charge is -2.09. The van der Waals surface area contributed by atoms with Gasteiger partial charge >= 0.3 is 0 Å². The molecule has 3 aromatic rings. The minimum Gasteiger partial charge on any atom is -0.411 e. The fourth-order valence-electron chi connectivity index (χ4n) is 1.98. The molecule has 1 heterocycles. The molecule has 3 rings (SSSR count). The van der Waals surface area contributed by atoms with Crippen LogP contribution >= 0.6 is 39.3 Å². The lowest BCUT2D eigenvalue weighted by atomic mass is 10.2. The summed E-state index contributed by atoms with van der Waals surface area (Å²) in [6.07, 6.45) is 0. The van der Waals surface area contributed by atoms with E-state index in [4.69, 9.17) is 16.0 Å². The zero-order valence-electron chi connectivity index (χ0n) is 13.1. The van der Waals surface area contributed by atoms with Gasteiger partial charge in [-0.1, -0.05) is 45.4 Å². The Balaban J connectivity index is 1.64. The van der Waals surface area contributed by atoms with Gasteiger partial charge in [0.2, 0.25) is 11.8 Å². The van der Waals surface area contributed by atoms with Crippen LogP contribution in [0.3, 0.4) is 0 Å². The number of halogens is 2. The summed E-state index contributed by atoms with van der Waals surface area (Å²) in [5.74, 6) is 0.253. The number of nitrogens with zero attached hydrogens (tertiary/aromatic N) is 2. The first kappa shape index (κ1) is 18.0. The Labute approximate surface area is 162 Å². The van der Waals surface area contributed by atoms with E-state index >= 15 is 0 Å². The summed E-state index contributed by atoms with van der Waals surface area (Å²) >= 11 is 10.4. The summed E-state index contributed by atoms with van der Waals surface area (Å²) in [5.41, 5.74) is 1.49. The molecule has 2 aromatic carbocycles. The number of hydrogen-bond acceptors (Lipinski definition) is 5. The highest BCUT2D eigenvalue weighted by atomic mass is 79.9. The fourth-order valence-corrected chi connectivity index (χ4v) is 3.19. The maximum atomic E-state index is 12.3. The molecule has 1 aromatic heterocycles. The van der Waals surface area contributed by atoms with E-state index in [9.17, 15) is 4.79 Å². The van der Waals surface area contributed by atoms with E-state index in [0.29, 0.717) is 21.8 Å². The van der Waals surface area contributed by atoms with E-state index in [1.54, 1.807) is 31.2 Å². The van der Waals surface area contributed by atoms with Gasteiger partial charge in [-0.3, -0.25) is 4.79 Å². The Morgan fingerprint density at radius 1 is 1.24 bits per heavy atom. The third-order valence-electron chi connectivity index (χ3n) is 3.24. The van der Waals surface area contributed by atoms with Crippen molar-refractivity contribution < 1.29 is 9.21 Å². The Morgan fingerprint density at radius 3 is 2.72 bits per heavy atom. The number of rotatable bonds is 5. The van der Waals surface area contributed by atoms with Crippen molar-refractivity contribution in [1.29, 1.82) is 0 Å². The second-order valence-electron chi connectivity index (χ2n) is 5.14. The number of aromatic nitrogens is 2. The monoisotopic (exact) mass is 437 g/mol. The van der Waals surface area contributed by atoms with Crippen molar-refractivity contribution >= 4 is 50.9 Å². The summed E-state index contributed by atoms with van der Waals surface area (Å²) in [6.45, 7) is 1.78. The first-order chi connectivity index (χ1) is 12.0. The van der Waals surface area contributed by atoms with Crippen LogP contribution in [0.2, 0.25) is 5.02 Å². The van der Waals surface area contributed by atoms with Crippen molar-refractivity contribution in [3.63, 3.8) is 0 Å². The summed E-state index contributed by atoms with van der Waals surface area (Å²) in [7, 11) is 0. The van der Waals surface area contributed by atoms with Gasteiger partial charge in [-0.05, 0) is 49.4 Å². The van der Waals surface area contributed by atoms with Crippen LogP contribution in [-0.4, -0.2) is 21.4 Å². The maximum absolute atomic E-state index is 12.3. The molecule has 0 saturated carbocycles. The number of amides is 1. The van der Waals surface area contributed by atoms with E-state index < -0.39 is 5.25 Å². The van der Waals surface area contributed by atoms with E-state index in [0.717, 1.165) is 10.0 Å². The Kier molecular flexibility index (Phi) is 5.78. The molecule has 1 atom stereocenters. The van der Waals surface area contributed by atoms with Gasteiger partial charge < -0.3 is 9.73 Å². The minimum absolute atomic E-state index is 0.158. The summed E-state index contributed by atoms with van der Waals surface area (Å²) in [4.78, 5) is 12.3. The molecule has 0 saturated heterocycles. The first-order valence-electron chi connectivity index (χ1n) is 7.34. The number of thioether (sulfide) groups is 1. The molecule has 128 valence electrons. The predicted octanol–water partition coefficient (Wildman–Crippen LogP) is 5.27. The molecule has 0 fully saturated rings. The molecule has 0 bridgehead atoms. The molecule has 0 spiro atoms. The van der Waals surface area contributed by atoms with Crippen molar-refractivity contribution in [2.75, 3.05) is 5.32 Å². The van der Waals surface area contributed by atoms with Gasteiger partial charge in [0, 0.05) is 20.7 Å². The normalized spacial score (nSPS) is 12.0. The second-order valence-corrected chi connectivity index (χ2v) is 7.78. The van der Waals surface area contributed by atoms with Crippen molar-refractivity contribution in [2.45, 2.75) is 17.4 Å². The van der Waals surface area contributed by atoms with Crippen molar-refractivity contribution in [1.82, 2.24) is 10.2 Å². The second kappa shape index (κ2) is 8.03. The van der Waals surface area contributed by atoms with Gasteiger partial charge in [-0.15, -0.1) is 10.2 Å². The van der Waals surface area contributed by atoms with Crippen LogP contribution in [0.4, 0.5) is 5.69 Å². The number of hydrogen-bond donors (Lipinski definition) is 1.